The molecule has 3 rings (SSSR count). The van der Waals surface area contributed by atoms with Gasteiger partial charge in [-0.3, -0.25) is 4.79 Å². The first-order chi connectivity index (χ1) is 13.1. The number of benzene rings is 2. The summed E-state index contributed by atoms with van der Waals surface area (Å²) in [4.78, 5) is 16.8. The van der Waals surface area contributed by atoms with Crippen molar-refractivity contribution in [3.05, 3.63) is 59.0 Å². The molecule has 0 atom stereocenters. The maximum atomic E-state index is 12.3. The number of ether oxygens (including phenoxy) is 2. The molecule has 0 aliphatic rings. The molecule has 0 spiro atoms. The molecule has 1 heterocycles. The van der Waals surface area contributed by atoms with E-state index in [1.54, 1.807) is 14.2 Å². The van der Waals surface area contributed by atoms with E-state index in [0.29, 0.717) is 29.5 Å². The normalized spacial score (nSPS) is 10.5. The van der Waals surface area contributed by atoms with Crippen molar-refractivity contribution in [3.63, 3.8) is 0 Å². The first kappa shape index (κ1) is 18.9. The van der Waals surface area contributed by atoms with Crippen LogP contribution in [0.15, 0.2) is 47.8 Å². The molecule has 0 bridgehead atoms. The van der Waals surface area contributed by atoms with Gasteiger partial charge in [0.2, 0.25) is 5.91 Å². The van der Waals surface area contributed by atoms with Crippen LogP contribution in [-0.2, 0) is 11.2 Å². The molecule has 1 N–H and O–H groups in total. The van der Waals surface area contributed by atoms with Gasteiger partial charge in [-0.05, 0) is 31.0 Å². The average molecular weight is 382 g/mol. The van der Waals surface area contributed by atoms with E-state index in [9.17, 15) is 4.79 Å². The largest absolute Gasteiger partial charge is 0.493 e. The van der Waals surface area contributed by atoms with Crippen LogP contribution in [0.2, 0.25) is 0 Å². The van der Waals surface area contributed by atoms with Crippen LogP contribution in [0.3, 0.4) is 0 Å². The van der Waals surface area contributed by atoms with Gasteiger partial charge < -0.3 is 14.8 Å². The quantitative estimate of drug-likeness (QED) is 0.643. The summed E-state index contributed by atoms with van der Waals surface area (Å²) >= 11 is 1.43. The summed E-state index contributed by atoms with van der Waals surface area (Å²) in [5.41, 5.74) is 4.14. The molecule has 2 aromatic carbocycles. The fourth-order valence-corrected chi connectivity index (χ4v) is 3.40. The number of carbonyl (C=O) groups is 1. The highest BCUT2D eigenvalue weighted by Crippen LogP contribution is 2.28. The number of rotatable bonds is 7. The van der Waals surface area contributed by atoms with Crippen molar-refractivity contribution < 1.29 is 14.3 Å². The third-order valence-electron chi connectivity index (χ3n) is 4.19. The number of nitrogens with zero attached hydrogens (tertiary/aromatic N) is 1. The lowest BCUT2D eigenvalue weighted by Gasteiger charge is -2.09. The average Bonchev–Trinajstić information content (AvgIpc) is 3.15. The van der Waals surface area contributed by atoms with Gasteiger partial charge in [-0.25, -0.2) is 4.98 Å². The van der Waals surface area contributed by atoms with Gasteiger partial charge in [0.25, 0.3) is 0 Å². The SMILES string of the molecule is COc1ccc(CCC(=O)Nc2nc(-c3ccc(C)cc3)cs2)cc1OC. The minimum Gasteiger partial charge on any atom is -0.493 e. The molecule has 140 valence electrons. The predicted molar refractivity (Wildman–Crippen MR) is 109 cm³/mol. The first-order valence-electron chi connectivity index (χ1n) is 8.62. The van der Waals surface area contributed by atoms with Crippen molar-refractivity contribution in [1.29, 1.82) is 0 Å². The van der Waals surface area contributed by atoms with Gasteiger partial charge in [-0.2, -0.15) is 0 Å². The third kappa shape index (κ3) is 4.86. The van der Waals surface area contributed by atoms with Crippen LogP contribution in [0.25, 0.3) is 11.3 Å². The zero-order chi connectivity index (χ0) is 19.2. The minimum atomic E-state index is -0.0606. The highest BCUT2D eigenvalue weighted by molar-refractivity contribution is 7.14. The van der Waals surface area contributed by atoms with E-state index >= 15 is 0 Å². The highest BCUT2D eigenvalue weighted by Gasteiger charge is 2.10. The summed E-state index contributed by atoms with van der Waals surface area (Å²) in [6, 6.07) is 13.9. The Labute approximate surface area is 163 Å². The number of hydrogen-bond acceptors (Lipinski definition) is 5. The molecule has 0 fully saturated rings. The summed E-state index contributed by atoms with van der Waals surface area (Å²) in [6.45, 7) is 2.05. The number of aromatic nitrogens is 1. The Kier molecular flexibility index (Phi) is 6.08. The van der Waals surface area contributed by atoms with Crippen molar-refractivity contribution in [2.75, 3.05) is 19.5 Å². The third-order valence-corrected chi connectivity index (χ3v) is 4.94. The van der Waals surface area contributed by atoms with Crippen molar-refractivity contribution in [1.82, 2.24) is 4.98 Å². The molecule has 0 radical (unpaired) electrons. The Morgan fingerprint density at radius 3 is 2.52 bits per heavy atom. The molecule has 0 unspecified atom stereocenters. The highest BCUT2D eigenvalue weighted by atomic mass is 32.1. The lowest BCUT2D eigenvalue weighted by molar-refractivity contribution is -0.116. The van der Waals surface area contributed by atoms with Gasteiger partial charge in [0, 0.05) is 17.4 Å². The number of nitrogens with one attached hydrogen (secondary N) is 1. The molecule has 1 aromatic heterocycles. The maximum Gasteiger partial charge on any atom is 0.226 e. The van der Waals surface area contributed by atoms with Gasteiger partial charge in [-0.15, -0.1) is 11.3 Å². The van der Waals surface area contributed by atoms with Crippen molar-refractivity contribution >= 4 is 22.4 Å². The van der Waals surface area contributed by atoms with Gasteiger partial charge in [0.15, 0.2) is 16.6 Å². The standard InChI is InChI=1S/C21H22N2O3S/c1-14-4-8-16(9-5-14)17-13-27-21(22-17)23-20(24)11-7-15-6-10-18(25-2)19(12-15)26-3/h4-6,8-10,12-13H,7,11H2,1-3H3,(H,22,23,24). The Morgan fingerprint density at radius 1 is 1.07 bits per heavy atom. The lowest BCUT2D eigenvalue weighted by atomic mass is 10.1. The summed E-state index contributed by atoms with van der Waals surface area (Å²) in [7, 11) is 3.20. The predicted octanol–water partition coefficient (Wildman–Crippen LogP) is 4.71. The second-order valence-corrected chi connectivity index (χ2v) is 7.00. The van der Waals surface area contributed by atoms with E-state index in [4.69, 9.17) is 9.47 Å². The van der Waals surface area contributed by atoms with E-state index in [2.05, 4.69) is 29.4 Å². The molecule has 0 aliphatic carbocycles. The van der Waals surface area contributed by atoms with Crippen LogP contribution >= 0.6 is 11.3 Å². The smallest absolute Gasteiger partial charge is 0.226 e. The maximum absolute atomic E-state index is 12.3. The van der Waals surface area contributed by atoms with Crippen LogP contribution in [0.1, 0.15) is 17.5 Å². The van der Waals surface area contributed by atoms with E-state index in [0.717, 1.165) is 16.8 Å². The van der Waals surface area contributed by atoms with E-state index in [1.165, 1.54) is 16.9 Å². The fourth-order valence-electron chi connectivity index (χ4n) is 2.66. The Hall–Kier alpha value is -2.86. The van der Waals surface area contributed by atoms with Crippen LogP contribution in [0, 0.1) is 6.92 Å². The number of methoxy groups -OCH3 is 2. The monoisotopic (exact) mass is 382 g/mol. The summed E-state index contributed by atoms with van der Waals surface area (Å²) < 4.78 is 10.5. The molecule has 0 saturated carbocycles. The van der Waals surface area contributed by atoms with E-state index in [-0.39, 0.29) is 5.91 Å². The molecule has 27 heavy (non-hydrogen) atoms. The Morgan fingerprint density at radius 2 is 1.81 bits per heavy atom. The number of aryl methyl sites for hydroxylation is 2. The number of anilines is 1. The van der Waals surface area contributed by atoms with Crippen molar-refractivity contribution in [3.8, 4) is 22.8 Å². The molecule has 0 saturated heterocycles. The van der Waals surface area contributed by atoms with E-state index < -0.39 is 0 Å². The molecule has 3 aromatic rings. The van der Waals surface area contributed by atoms with Crippen molar-refractivity contribution in [2.45, 2.75) is 19.8 Å². The molecular formula is C21H22N2O3S. The molecule has 0 aliphatic heterocycles. The molecule has 1 amide bonds. The second kappa shape index (κ2) is 8.68. The fraction of sp³-hybridized carbons (Fsp3) is 0.238. The summed E-state index contributed by atoms with van der Waals surface area (Å²) in [5, 5.41) is 5.44. The topological polar surface area (TPSA) is 60.5 Å². The van der Waals surface area contributed by atoms with Crippen LogP contribution < -0.4 is 14.8 Å². The van der Waals surface area contributed by atoms with Crippen molar-refractivity contribution in [2.24, 2.45) is 0 Å². The minimum absolute atomic E-state index is 0.0606. The van der Waals surface area contributed by atoms with Gasteiger partial charge in [0.1, 0.15) is 0 Å². The Bertz CT molecular complexity index is 919. The van der Waals surface area contributed by atoms with Crippen LogP contribution in [-0.4, -0.2) is 25.1 Å². The van der Waals surface area contributed by atoms with Gasteiger partial charge in [-0.1, -0.05) is 35.9 Å². The number of hydrogen-bond donors (Lipinski definition) is 1. The molecule has 6 heteroatoms. The second-order valence-electron chi connectivity index (χ2n) is 6.14. The van der Waals surface area contributed by atoms with Crippen LogP contribution in [0.5, 0.6) is 11.5 Å². The van der Waals surface area contributed by atoms with Crippen LogP contribution in [0.4, 0.5) is 5.13 Å². The zero-order valence-electron chi connectivity index (χ0n) is 15.6. The lowest BCUT2D eigenvalue weighted by Crippen LogP contribution is -2.12. The summed E-state index contributed by atoms with van der Waals surface area (Å²) in [5.74, 6) is 1.28. The number of carbonyl (C=O) groups excluding carboxylic acids is 1. The summed E-state index contributed by atoms with van der Waals surface area (Å²) in [6.07, 6.45) is 0.983. The van der Waals surface area contributed by atoms with E-state index in [1.807, 2.05) is 35.7 Å². The van der Waals surface area contributed by atoms with Gasteiger partial charge >= 0.3 is 0 Å². The molecular weight excluding hydrogens is 360 g/mol. The Balaban J connectivity index is 1.58. The number of amides is 1. The number of thiazole rings is 1. The van der Waals surface area contributed by atoms with Gasteiger partial charge in [0.05, 0.1) is 19.9 Å². The zero-order valence-corrected chi connectivity index (χ0v) is 16.4. The molecule has 5 nitrogen and oxygen atoms in total. The first-order valence-corrected chi connectivity index (χ1v) is 9.50.